The molecule has 3 rings (SSSR count). The van der Waals surface area contributed by atoms with Gasteiger partial charge >= 0.3 is 0 Å². The highest BCUT2D eigenvalue weighted by Gasteiger charge is 2.41. The van der Waals surface area contributed by atoms with Crippen LogP contribution in [0.3, 0.4) is 0 Å². The van der Waals surface area contributed by atoms with Crippen molar-refractivity contribution < 1.29 is 9.59 Å². The van der Waals surface area contributed by atoms with Gasteiger partial charge in [0.15, 0.2) is 5.82 Å². The van der Waals surface area contributed by atoms with Gasteiger partial charge in [0.05, 0.1) is 5.92 Å². The maximum atomic E-state index is 12.8. The minimum atomic E-state index is -0.379. The monoisotopic (exact) mass is 330 g/mol. The molecule has 0 saturated carbocycles. The summed E-state index contributed by atoms with van der Waals surface area (Å²) < 4.78 is 3.56. The number of hydrogen-bond acceptors (Lipinski definition) is 4. The lowest BCUT2D eigenvalue weighted by Gasteiger charge is -2.37. The number of aryl methyl sites for hydroxylation is 3. The Morgan fingerprint density at radius 3 is 2.67 bits per heavy atom. The smallest absolute Gasteiger partial charge is 0.231 e. The Morgan fingerprint density at radius 1 is 1.33 bits per heavy atom. The number of rotatable bonds is 3. The van der Waals surface area contributed by atoms with Crippen LogP contribution in [-0.2, 0) is 23.7 Å². The molecule has 0 bridgehead atoms. The molecule has 0 spiro atoms. The summed E-state index contributed by atoms with van der Waals surface area (Å²) in [6.07, 6.45) is 4.35. The molecule has 1 aliphatic heterocycles. The van der Waals surface area contributed by atoms with Crippen LogP contribution in [-0.4, -0.2) is 43.1 Å². The van der Waals surface area contributed by atoms with Crippen LogP contribution < -0.4 is 5.32 Å². The van der Waals surface area contributed by atoms with Gasteiger partial charge in [0, 0.05) is 51.7 Å². The first-order valence-electron chi connectivity index (χ1n) is 7.93. The number of imidazole rings is 1. The van der Waals surface area contributed by atoms with E-state index in [2.05, 4.69) is 15.4 Å². The summed E-state index contributed by atoms with van der Waals surface area (Å²) in [6, 6.07) is 1.45. The van der Waals surface area contributed by atoms with Crippen molar-refractivity contribution in [2.45, 2.75) is 25.8 Å². The van der Waals surface area contributed by atoms with Crippen LogP contribution >= 0.6 is 0 Å². The topological polar surface area (TPSA) is 85.1 Å². The summed E-state index contributed by atoms with van der Waals surface area (Å²) in [7, 11) is 5.42. The maximum Gasteiger partial charge on any atom is 0.231 e. The van der Waals surface area contributed by atoms with Crippen molar-refractivity contribution in [1.29, 1.82) is 0 Å². The van der Waals surface area contributed by atoms with E-state index in [1.54, 1.807) is 22.8 Å². The third-order valence-corrected chi connectivity index (χ3v) is 4.69. The zero-order valence-electron chi connectivity index (χ0n) is 14.4. The van der Waals surface area contributed by atoms with Crippen molar-refractivity contribution in [2.75, 3.05) is 12.4 Å². The molecular weight excluding hydrogens is 308 g/mol. The molecule has 0 radical (unpaired) electrons. The average Bonchev–Trinajstić information content (AvgIpc) is 3.07. The van der Waals surface area contributed by atoms with Crippen LogP contribution in [0.25, 0.3) is 0 Å². The van der Waals surface area contributed by atoms with Crippen LogP contribution in [0.4, 0.5) is 5.82 Å². The van der Waals surface area contributed by atoms with Gasteiger partial charge in [-0.2, -0.15) is 5.10 Å². The summed E-state index contributed by atoms with van der Waals surface area (Å²) in [5, 5.41) is 7.14. The van der Waals surface area contributed by atoms with Gasteiger partial charge < -0.3 is 14.8 Å². The first kappa shape index (κ1) is 16.2. The minimum absolute atomic E-state index is 0.0285. The summed E-state index contributed by atoms with van der Waals surface area (Å²) in [4.78, 5) is 30.9. The van der Waals surface area contributed by atoms with Crippen LogP contribution in [0.1, 0.15) is 30.4 Å². The standard InChI is InChI=1S/C16H22N6O2/c1-10-9-12(19-22(10)4)18-16(24)11-5-6-13(23)21(3)14(11)15-17-7-8-20(15)2/h7-9,11,14H,5-6H2,1-4H3,(H,18,19,24)/t11-,14-/m0/s1. The van der Waals surface area contributed by atoms with Gasteiger partial charge in [-0.05, 0) is 13.3 Å². The third-order valence-electron chi connectivity index (χ3n) is 4.69. The molecule has 1 aliphatic rings. The van der Waals surface area contributed by atoms with Gasteiger partial charge in [-0.1, -0.05) is 0 Å². The Balaban J connectivity index is 1.87. The molecule has 3 heterocycles. The van der Waals surface area contributed by atoms with Gasteiger partial charge in [0.2, 0.25) is 11.8 Å². The summed E-state index contributed by atoms with van der Waals surface area (Å²) in [5.74, 6) is 0.762. The molecule has 128 valence electrons. The van der Waals surface area contributed by atoms with E-state index in [-0.39, 0.29) is 23.8 Å². The average molecular weight is 330 g/mol. The lowest BCUT2D eigenvalue weighted by atomic mass is 9.87. The Morgan fingerprint density at radius 2 is 2.08 bits per heavy atom. The summed E-state index contributed by atoms with van der Waals surface area (Å²) >= 11 is 0. The molecule has 2 aromatic rings. The fourth-order valence-electron chi connectivity index (χ4n) is 3.17. The number of nitrogens with zero attached hydrogens (tertiary/aromatic N) is 5. The Kier molecular flexibility index (Phi) is 4.13. The molecule has 2 amide bonds. The van der Waals surface area contributed by atoms with E-state index in [0.29, 0.717) is 24.5 Å². The Hall–Kier alpha value is -2.64. The fraction of sp³-hybridized carbons (Fsp3) is 0.500. The lowest BCUT2D eigenvalue weighted by molar-refractivity contribution is -0.140. The van der Waals surface area contributed by atoms with E-state index >= 15 is 0 Å². The number of carbonyl (C=O) groups is 2. The maximum absolute atomic E-state index is 12.8. The Bertz CT molecular complexity index is 758. The summed E-state index contributed by atoms with van der Waals surface area (Å²) in [6.45, 7) is 1.92. The number of hydrogen-bond donors (Lipinski definition) is 1. The Labute approximate surface area is 140 Å². The van der Waals surface area contributed by atoms with Gasteiger partial charge in [-0.3, -0.25) is 14.3 Å². The SMILES string of the molecule is Cc1cc(NC(=O)[C@H]2CCC(=O)N(C)[C@@H]2c2nccn2C)nn1C. The number of likely N-dealkylation sites (tertiary alicyclic amines) is 1. The molecule has 8 heteroatoms. The van der Waals surface area contributed by atoms with Crippen molar-refractivity contribution in [3.05, 3.63) is 30.0 Å². The van der Waals surface area contributed by atoms with Gasteiger partial charge in [0.1, 0.15) is 11.9 Å². The van der Waals surface area contributed by atoms with Crippen LogP contribution in [0.5, 0.6) is 0 Å². The molecule has 1 N–H and O–H groups in total. The zero-order valence-corrected chi connectivity index (χ0v) is 14.4. The van der Waals surface area contributed by atoms with Crippen molar-refractivity contribution in [1.82, 2.24) is 24.2 Å². The van der Waals surface area contributed by atoms with Gasteiger partial charge in [0.25, 0.3) is 0 Å². The van der Waals surface area contributed by atoms with E-state index in [4.69, 9.17) is 0 Å². The number of aromatic nitrogens is 4. The molecule has 0 aliphatic carbocycles. The number of carbonyl (C=O) groups excluding carboxylic acids is 2. The normalized spacial score (nSPS) is 21.2. The number of amides is 2. The predicted molar refractivity (Wildman–Crippen MR) is 88.0 cm³/mol. The molecule has 8 nitrogen and oxygen atoms in total. The minimum Gasteiger partial charge on any atom is -0.336 e. The first-order chi connectivity index (χ1) is 11.4. The van der Waals surface area contributed by atoms with E-state index in [0.717, 1.165) is 5.69 Å². The highest BCUT2D eigenvalue weighted by molar-refractivity contribution is 5.93. The van der Waals surface area contributed by atoms with Gasteiger partial charge in [-0.15, -0.1) is 0 Å². The molecule has 1 saturated heterocycles. The van der Waals surface area contributed by atoms with E-state index in [9.17, 15) is 9.59 Å². The van der Waals surface area contributed by atoms with Crippen LogP contribution in [0.15, 0.2) is 18.5 Å². The molecule has 1 fully saturated rings. The molecule has 0 unspecified atom stereocenters. The highest BCUT2D eigenvalue weighted by Crippen LogP contribution is 2.35. The fourth-order valence-corrected chi connectivity index (χ4v) is 3.17. The van der Waals surface area contributed by atoms with Crippen molar-refractivity contribution in [3.63, 3.8) is 0 Å². The van der Waals surface area contributed by atoms with Crippen LogP contribution in [0, 0.1) is 12.8 Å². The predicted octanol–water partition coefficient (Wildman–Crippen LogP) is 1.01. The first-order valence-corrected chi connectivity index (χ1v) is 7.93. The van der Waals surface area contributed by atoms with Crippen molar-refractivity contribution in [2.24, 2.45) is 20.0 Å². The number of anilines is 1. The second-order valence-corrected chi connectivity index (χ2v) is 6.27. The molecule has 2 atom stereocenters. The van der Waals surface area contributed by atoms with E-state index in [1.807, 2.05) is 37.8 Å². The highest BCUT2D eigenvalue weighted by atomic mass is 16.2. The van der Waals surface area contributed by atoms with Crippen molar-refractivity contribution >= 4 is 17.6 Å². The van der Waals surface area contributed by atoms with Crippen molar-refractivity contribution in [3.8, 4) is 0 Å². The molecule has 0 aromatic carbocycles. The van der Waals surface area contributed by atoms with Gasteiger partial charge in [-0.25, -0.2) is 4.98 Å². The largest absolute Gasteiger partial charge is 0.336 e. The quantitative estimate of drug-likeness (QED) is 0.910. The third kappa shape index (κ3) is 2.79. The van der Waals surface area contributed by atoms with E-state index in [1.165, 1.54) is 0 Å². The summed E-state index contributed by atoms with van der Waals surface area (Å²) in [5.41, 5.74) is 0.960. The molecular formula is C16H22N6O2. The number of piperidine rings is 1. The lowest BCUT2D eigenvalue weighted by Crippen LogP contribution is -2.45. The molecule has 24 heavy (non-hydrogen) atoms. The van der Waals surface area contributed by atoms with E-state index < -0.39 is 0 Å². The van der Waals surface area contributed by atoms with Crippen LogP contribution in [0.2, 0.25) is 0 Å². The zero-order chi connectivity index (χ0) is 17.4. The number of nitrogens with one attached hydrogen (secondary N) is 1. The molecule has 2 aromatic heterocycles. The second kappa shape index (κ2) is 6.10. The second-order valence-electron chi connectivity index (χ2n) is 6.27.